The molecule has 2 aliphatic heterocycles. The number of ether oxygens (including phenoxy) is 1. The molecular formula is C15H17Cl2NO4. The Bertz CT molecular complexity index is 629. The number of rotatable bonds is 2. The lowest BCUT2D eigenvalue weighted by atomic mass is 9.89. The van der Waals surface area contributed by atoms with Crippen LogP contribution < -0.4 is 0 Å². The summed E-state index contributed by atoms with van der Waals surface area (Å²) in [6, 6.07) is 2.79. The number of carbonyl (C=O) groups is 1. The van der Waals surface area contributed by atoms with Crippen LogP contribution in [0.5, 0.6) is 5.75 Å². The molecule has 2 fully saturated rings. The van der Waals surface area contributed by atoms with Crippen LogP contribution >= 0.6 is 23.2 Å². The van der Waals surface area contributed by atoms with E-state index in [0.717, 1.165) is 0 Å². The summed E-state index contributed by atoms with van der Waals surface area (Å²) >= 11 is 12.2. The van der Waals surface area contributed by atoms with Gasteiger partial charge in [-0.05, 0) is 32.4 Å². The minimum absolute atomic E-state index is 0.0637. The molecule has 1 aromatic rings. The number of fused-ring (bicyclic) bond motifs is 1. The first-order chi connectivity index (χ1) is 10.2. The highest BCUT2D eigenvalue weighted by molar-refractivity contribution is 6.42. The van der Waals surface area contributed by atoms with Gasteiger partial charge in [0, 0.05) is 18.0 Å². The number of aromatic hydroxyl groups is 1. The fraction of sp³-hybridized carbons (Fsp3) is 0.533. The largest absolute Gasteiger partial charge is 0.508 e. The Morgan fingerprint density at radius 2 is 2.05 bits per heavy atom. The fourth-order valence-corrected chi connectivity index (χ4v) is 3.87. The highest BCUT2D eigenvalue weighted by Gasteiger charge is 2.53. The number of amides is 1. The average Bonchev–Trinajstić information content (AvgIpc) is 2.95. The maximum atomic E-state index is 12.0. The highest BCUT2D eigenvalue weighted by atomic mass is 35.5. The van der Waals surface area contributed by atoms with Crippen molar-refractivity contribution in [2.24, 2.45) is 0 Å². The van der Waals surface area contributed by atoms with Crippen LogP contribution in [-0.4, -0.2) is 45.5 Å². The number of aliphatic hydroxyl groups is 1. The zero-order valence-electron chi connectivity index (χ0n) is 12.2. The van der Waals surface area contributed by atoms with Gasteiger partial charge in [-0.3, -0.25) is 0 Å². The quantitative estimate of drug-likeness (QED) is 0.863. The lowest BCUT2D eigenvalue weighted by Gasteiger charge is -2.27. The first-order valence-electron chi connectivity index (χ1n) is 7.06. The average molecular weight is 346 g/mol. The minimum Gasteiger partial charge on any atom is -0.508 e. The number of phenolic OH excluding ortho intramolecular Hbond substituents is 1. The van der Waals surface area contributed by atoms with E-state index < -0.39 is 17.8 Å². The normalized spacial score (nSPS) is 28.0. The topological polar surface area (TPSA) is 70.0 Å². The van der Waals surface area contributed by atoms with E-state index in [9.17, 15) is 15.0 Å². The lowest BCUT2D eigenvalue weighted by Crippen LogP contribution is -2.44. The number of cyclic esters (lactones) is 1. The number of benzene rings is 1. The molecule has 3 atom stereocenters. The Kier molecular flexibility index (Phi) is 3.70. The maximum Gasteiger partial charge on any atom is 0.410 e. The summed E-state index contributed by atoms with van der Waals surface area (Å²) in [5.41, 5.74) is -0.588. The molecule has 1 amide bonds. The van der Waals surface area contributed by atoms with Crippen molar-refractivity contribution in [3.63, 3.8) is 0 Å². The van der Waals surface area contributed by atoms with Gasteiger partial charge in [-0.15, -0.1) is 0 Å². The molecule has 1 unspecified atom stereocenters. The van der Waals surface area contributed by atoms with Crippen LogP contribution in [0, 0.1) is 0 Å². The predicted octanol–water partition coefficient (Wildman–Crippen LogP) is 3.15. The molecule has 0 aromatic heterocycles. The fourth-order valence-electron chi connectivity index (χ4n) is 3.39. The maximum absolute atomic E-state index is 12.0. The van der Waals surface area contributed by atoms with Gasteiger partial charge in [-0.2, -0.15) is 0 Å². The minimum atomic E-state index is -1.13. The molecule has 0 aliphatic carbocycles. The molecule has 2 N–H and O–H groups in total. The number of halogens is 2. The summed E-state index contributed by atoms with van der Waals surface area (Å²) in [7, 11) is 0. The second kappa shape index (κ2) is 5.18. The van der Waals surface area contributed by atoms with E-state index in [1.54, 1.807) is 18.7 Å². The number of hydrogen-bond donors (Lipinski definition) is 2. The Balaban J connectivity index is 1.93. The SMILES string of the molecule is CC(C)(O)C1OC(=O)N2C[C@@H](c3c(O)ccc(Cl)c3Cl)C[C@@H]12. The van der Waals surface area contributed by atoms with Gasteiger partial charge in [0.1, 0.15) is 5.75 Å². The van der Waals surface area contributed by atoms with Gasteiger partial charge in [0.25, 0.3) is 0 Å². The van der Waals surface area contributed by atoms with Crippen molar-refractivity contribution >= 4 is 29.3 Å². The second-order valence-electron chi connectivity index (χ2n) is 6.40. The van der Waals surface area contributed by atoms with Crippen molar-refractivity contribution in [2.75, 3.05) is 6.54 Å². The summed E-state index contributed by atoms with van der Waals surface area (Å²) in [5.74, 6) is -0.0809. The number of nitrogens with zero attached hydrogens (tertiary/aromatic N) is 1. The van der Waals surface area contributed by atoms with Gasteiger partial charge in [0.2, 0.25) is 0 Å². The molecule has 2 heterocycles. The third-order valence-electron chi connectivity index (χ3n) is 4.37. The van der Waals surface area contributed by atoms with Gasteiger partial charge in [-0.1, -0.05) is 23.2 Å². The molecule has 120 valence electrons. The van der Waals surface area contributed by atoms with E-state index in [-0.39, 0.29) is 17.7 Å². The zero-order valence-corrected chi connectivity index (χ0v) is 13.7. The molecule has 2 saturated heterocycles. The first-order valence-corrected chi connectivity index (χ1v) is 7.82. The van der Waals surface area contributed by atoms with E-state index in [0.29, 0.717) is 28.6 Å². The van der Waals surface area contributed by atoms with Crippen molar-refractivity contribution < 1.29 is 19.7 Å². The predicted molar refractivity (Wildman–Crippen MR) is 82.5 cm³/mol. The molecule has 2 aliphatic rings. The van der Waals surface area contributed by atoms with Crippen LogP contribution in [0.1, 0.15) is 31.7 Å². The third-order valence-corrected chi connectivity index (χ3v) is 5.19. The monoisotopic (exact) mass is 345 g/mol. The Morgan fingerprint density at radius 1 is 1.36 bits per heavy atom. The van der Waals surface area contributed by atoms with Crippen molar-refractivity contribution in [1.82, 2.24) is 4.90 Å². The second-order valence-corrected chi connectivity index (χ2v) is 7.19. The van der Waals surface area contributed by atoms with Gasteiger partial charge >= 0.3 is 6.09 Å². The third kappa shape index (κ3) is 2.41. The van der Waals surface area contributed by atoms with Crippen molar-refractivity contribution in [2.45, 2.75) is 43.9 Å². The highest BCUT2D eigenvalue weighted by Crippen LogP contribution is 2.46. The molecule has 0 spiro atoms. The Morgan fingerprint density at radius 3 is 2.68 bits per heavy atom. The first kappa shape index (κ1) is 15.7. The van der Waals surface area contributed by atoms with E-state index in [1.807, 2.05) is 0 Å². The van der Waals surface area contributed by atoms with E-state index >= 15 is 0 Å². The number of hydrogen-bond acceptors (Lipinski definition) is 4. The molecule has 0 bridgehead atoms. The number of phenols is 1. The van der Waals surface area contributed by atoms with Gasteiger partial charge in [0.15, 0.2) is 6.10 Å². The Labute approximate surface area is 138 Å². The van der Waals surface area contributed by atoms with E-state index in [1.165, 1.54) is 12.1 Å². The van der Waals surface area contributed by atoms with E-state index in [4.69, 9.17) is 27.9 Å². The smallest absolute Gasteiger partial charge is 0.410 e. The molecule has 5 nitrogen and oxygen atoms in total. The van der Waals surface area contributed by atoms with Crippen molar-refractivity contribution in [3.8, 4) is 5.75 Å². The summed E-state index contributed by atoms with van der Waals surface area (Å²) in [6.45, 7) is 3.61. The van der Waals surface area contributed by atoms with Crippen LogP contribution in [0.2, 0.25) is 10.0 Å². The van der Waals surface area contributed by atoms with Crippen LogP contribution in [0.15, 0.2) is 12.1 Å². The molecular weight excluding hydrogens is 329 g/mol. The number of carbonyl (C=O) groups excluding carboxylic acids is 1. The van der Waals surface area contributed by atoms with Gasteiger partial charge in [-0.25, -0.2) is 4.79 Å². The molecule has 7 heteroatoms. The van der Waals surface area contributed by atoms with E-state index in [2.05, 4.69) is 0 Å². The van der Waals surface area contributed by atoms with Crippen LogP contribution in [-0.2, 0) is 4.74 Å². The van der Waals surface area contributed by atoms with Crippen molar-refractivity contribution in [3.05, 3.63) is 27.7 Å². The molecule has 0 radical (unpaired) electrons. The lowest BCUT2D eigenvalue weighted by molar-refractivity contribution is -0.0458. The summed E-state index contributed by atoms with van der Waals surface area (Å²) in [6.07, 6.45) is -0.504. The Hall–Kier alpha value is -1.17. The van der Waals surface area contributed by atoms with Crippen LogP contribution in [0.25, 0.3) is 0 Å². The summed E-state index contributed by atoms with van der Waals surface area (Å²) in [4.78, 5) is 13.6. The molecule has 1 aromatic carbocycles. The standard InChI is InChI=1S/C15H17Cl2NO4/c1-15(2,21)13-9-5-7(6-18(9)14(20)22-13)11-10(19)4-3-8(16)12(11)17/h3-4,7,9,13,19,21H,5-6H2,1-2H3/t7-,9-,13?/m0/s1. The summed E-state index contributed by atoms with van der Waals surface area (Å²) in [5, 5.41) is 21.0. The molecule has 3 rings (SSSR count). The van der Waals surface area contributed by atoms with Gasteiger partial charge < -0.3 is 19.8 Å². The molecule has 22 heavy (non-hydrogen) atoms. The molecule has 0 saturated carbocycles. The van der Waals surface area contributed by atoms with Crippen LogP contribution in [0.3, 0.4) is 0 Å². The van der Waals surface area contributed by atoms with Gasteiger partial charge in [0.05, 0.1) is 21.7 Å². The van der Waals surface area contributed by atoms with Crippen LogP contribution in [0.4, 0.5) is 4.79 Å². The van der Waals surface area contributed by atoms with Crippen molar-refractivity contribution in [1.29, 1.82) is 0 Å². The summed E-state index contributed by atoms with van der Waals surface area (Å²) < 4.78 is 5.28. The zero-order chi connectivity index (χ0) is 16.2.